The smallest absolute Gasteiger partial charge is 0.356 e. The molecule has 0 amide bonds. The van der Waals surface area contributed by atoms with Gasteiger partial charge in [0.2, 0.25) is 0 Å². The number of carbonyl (C=O) groups is 1. The average Bonchev–Trinajstić information content (AvgIpc) is 3.44. The minimum absolute atomic E-state index is 0.0694. The zero-order valence-electron chi connectivity index (χ0n) is 17.0. The van der Waals surface area contributed by atoms with Crippen molar-refractivity contribution in [3.8, 4) is 17.1 Å². The zero-order chi connectivity index (χ0) is 22.9. The largest absolute Gasteiger partial charge is 0.476 e. The number of nitrogens with one attached hydrogen (secondary N) is 2. The molecule has 0 saturated carbocycles. The lowest BCUT2D eigenvalue weighted by molar-refractivity contribution is -0.384. The second kappa shape index (κ2) is 7.93. The molecule has 10 heteroatoms. The fourth-order valence-corrected chi connectivity index (χ4v) is 3.44. The summed E-state index contributed by atoms with van der Waals surface area (Å²) in [6, 6.07) is 22.3. The van der Waals surface area contributed by atoms with Crippen LogP contribution < -0.4 is 5.32 Å². The number of non-ortho nitro benzene ring substituents is 1. The zero-order valence-corrected chi connectivity index (χ0v) is 17.0. The molecule has 0 bridgehead atoms. The Morgan fingerprint density at radius 3 is 2.42 bits per heavy atom. The number of aromatic nitrogens is 4. The lowest BCUT2D eigenvalue weighted by atomic mass is 10.2. The van der Waals surface area contributed by atoms with Gasteiger partial charge in [0, 0.05) is 29.4 Å². The molecule has 5 rings (SSSR count). The van der Waals surface area contributed by atoms with Crippen molar-refractivity contribution in [2.75, 3.05) is 5.32 Å². The lowest BCUT2D eigenvalue weighted by Gasteiger charge is -2.10. The molecule has 2 heterocycles. The van der Waals surface area contributed by atoms with Crippen LogP contribution in [0.15, 0.2) is 78.9 Å². The maximum atomic E-state index is 11.5. The number of nitro benzene ring substituents is 1. The molecular weight excluding hydrogens is 424 g/mol. The molecule has 3 N–H and O–H groups in total. The third-order valence-corrected chi connectivity index (χ3v) is 5.05. The summed E-state index contributed by atoms with van der Waals surface area (Å²) in [6.45, 7) is 0. The van der Waals surface area contributed by atoms with Crippen LogP contribution in [-0.4, -0.2) is 35.7 Å². The van der Waals surface area contributed by atoms with Gasteiger partial charge < -0.3 is 15.4 Å². The van der Waals surface area contributed by atoms with Crippen LogP contribution in [0.2, 0.25) is 0 Å². The number of carboxylic acids is 1. The van der Waals surface area contributed by atoms with Crippen LogP contribution in [0, 0.1) is 10.1 Å². The van der Waals surface area contributed by atoms with Crippen molar-refractivity contribution in [2.24, 2.45) is 0 Å². The van der Waals surface area contributed by atoms with Crippen LogP contribution in [-0.2, 0) is 0 Å². The fourth-order valence-electron chi connectivity index (χ4n) is 3.44. The van der Waals surface area contributed by atoms with E-state index in [2.05, 4.69) is 20.4 Å². The first kappa shape index (κ1) is 19.9. The van der Waals surface area contributed by atoms with Gasteiger partial charge in [0.25, 0.3) is 5.69 Å². The molecule has 0 aliphatic carbocycles. The fraction of sp³-hybridized carbons (Fsp3) is 0. The molecule has 0 radical (unpaired) electrons. The Labute approximate surface area is 186 Å². The molecule has 33 heavy (non-hydrogen) atoms. The summed E-state index contributed by atoms with van der Waals surface area (Å²) in [7, 11) is 0. The van der Waals surface area contributed by atoms with E-state index in [-0.39, 0.29) is 11.4 Å². The highest BCUT2D eigenvalue weighted by atomic mass is 16.6. The van der Waals surface area contributed by atoms with Gasteiger partial charge in [-0.25, -0.2) is 14.5 Å². The summed E-state index contributed by atoms with van der Waals surface area (Å²) >= 11 is 0. The van der Waals surface area contributed by atoms with Crippen LogP contribution in [0.3, 0.4) is 0 Å². The highest BCUT2D eigenvalue weighted by Crippen LogP contribution is 2.26. The topological polar surface area (TPSA) is 139 Å². The standard InChI is InChI=1S/C23H16N6O4/c30-23(31)20-13-21(28(27-20)16-9-11-17(12-10-16)29(32)33)24-15-7-5-14(6-8-15)22-25-18-3-1-2-4-19(18)26-22/h1-13,24H,(H,25,26)(H,30,31). The van der Waals surface area contributed by atoms with E-state index in [0.717, 1.165) is 22.4 Å². The summed E-state index contributed by atoms with van der Waals surface area (Å²) in [6.07, 6.45) is 0. The van der Waals surface area contributed by atoms with Crippen LogP contribution in [0.4, 0.5) is 17.2 Å². The van der Waals surface area contributed by atoms with Gasteiger partial charge in [0.05, 0.1) is 21.6 Å². The molecule has 0 fully saturated rings. The van der Waals surface area contributed by atoms with Crippen LogP contribution in [0.5, 0.6) is 0 Å². The normalized spacial score (nSPS) is 10.9. The number of para-hydroxylation sites is 2. The quantitative estimate of drug-likeness (QED) is 0.255. The van der Waals surface area contributed by atoms with E-state index in [1.165, 1.54) is 35.0 Å². The number of fused-ring (bicyclic) bond motifs is 1. The minimum atomic E-state index is -1.18. The number of nitro groups is 1. The first-order valence-electron chi connectivity index (χ1n) is 9.88. The number of aromatic amines is 1. The van der Waals surface area contributed by atoms with E-state index < -0.39 is 10.9 Å². The summed E-state index contributed by atoms with van der Waals surface area (Å²) in [5, 5.41) is 27.6. The second-order valence-corrected chi connectivity index (χ2v) is 7.21. The number of hydrogen-bond acceptors (Lipinski definition) is 6. The molecular formula is C23H16N6O4. The highest BCUT2D eigenvalue weighted by Gasteiger charge is 2.16. The first-order chi connectivity index (χ1) is 16.0. The van der Waals surface area contributed by atoms with Gasteiger partial charge >= 0.3 is 5.97 Å². The van der Waals surface area contributed by atoms with Gasteiger partial charge in [0.15, 0.2) is 5.69 Å². The Hall–Kier alpha value is -4.99. The highest BCUT2D eigenvalue weighted by molar-refractivity contribution is 5.87. The Morgan fingerprint density at radius 1 is 1.03 bits per heavy atom. The number of carboxylic acid groups (broad SMARTS) is 1. The summed E-state index contributed by atoms with van der Waals surface area (Å²) < 4.78 is 1.39. The maximum Gasteiger partial charge on any atom is 0.356 e. The van der Waals surface area contributed by atoms with Crippen molar-refractivity contribution >= 4 is 34.2 Å². The maximum absolute atomic E-state index is 11.5. The summed E-state index contributed by atoms with van der Waals surface area (Å²) in [5.74, 6) is -0.0384. The van der Waals surface area contributed by atoms with E-state index in [1.807, 2.05) is 48.5 Å². The van der Waals surface area contributed by atoms with Gasteiger partial charge in [0.1, 0.15) is 11.6 Å². The summed E-state index contributed by atoms with van der Waals surface area (Å²) in [4.78, 5) is 29.8. The number of H-pyrrole nitrogens is 1. The number of anilines is 2. The molecule has 0 saturated heterocycles. The minimum Gasteiger partial charge on any atom is -0.476 e. The molecule has 0 atom stereocenters. The lowest BCUT2D eigenvalue weighted by Crippen LogP contribution is -2.04. The van der Waals surface area contributed by atoms with Crippen molar-refractivity contribution in [1.29, 1.82) is 0 Å². The van der Waals surface area contributed by atoms with E-state index in [4.69, 9.17) is 0 Å². The number of benzene rings is 3. The number of aromatic carboxylic acids is 1. The van der Waals surface area contributed by atoms with Crippen LogP contribution in [0.1, 0.15) is 10.5 Å². The van der Waals surface area contributed by atoms with Gasteiger partial charge in [-0.05, 0) is 48.5 Å². The number of imidazole rings is 1. The molecule has 3 aromatic carbocycles. The number of rotatable bonds is 6. The molecule has 0 unspecified atom stereocenters. The second-order valence-electron chi connectivity index (χ2n) is 7.21. The van der Waals surface area contributed by atoms with Crippen molar-refractivity contribution in [2.45, 2.75) is 0 Å². The Balaban J connectivity index is 1.44. The predicted octanol–water partition coefficient (Wildman–Crippen LogP) is 4.77. The van der Waals surface area contributed by atoms with Crippen molar-refractivity contribution in [3.63, 3.8) is 0 Å². The molecule has 2 aromatic heterocycles. The Kier molecular flexibility index (Phi) is 4.79. The molecule has 0 aliphatic heterocycles. The van der Waals surface area contributed by atoms with Gasteiger partial charge in [-0.15, -0.1) is 0 Å². The van der Waals surface area contributed by atoms with Crippen LogP contribution >= 0.6 is 0 Å². The molecule has 10 nitrogen and oxygen atoms in total. The van der Waals surface area contributed by atoms with Crippen molar-refractivity contribution in [3.05, 3.63) is 94.7 Å². The third-order valence-electron chi connectivity index (χ3n) is 5.05. The van der Waals surface area contributed by atoms with E-state index in [0.29, 0.717) is 17.2 Å². The first-order valence-corrected chi connectivity index (χ1v) is 9.88. The van der Waals surface area contributed by atoms with E-state index in [1.54, 1.807) is 0 Å². The SMILES string of the molecule is O=C(O)c1cc(Nc2ccc(-c3nc4ccccc4[nH]3)cc2)n(-c2ccc([N+](=O)[O-])cc2)n1. The van der Waals surface area contributed by atoms with E-state index in [9.17, 15) is 20.0 Å². The van der Waals surface area contributed by atoms with Crippen molar-refractivity contribution in [1.82, 2.24) is 19.7 Å². The van der Waals surface area contributed by atoms with Gasteiger partial charge in [-0.1, -0.05) is 12.1 Å². The average molecular weight is 440 g/mol. The third kappa shape index (κ3) is 3.88. The molecule has 162 valence electrons. The molecule has 5 aromatic rings. The number of hydrogen-bond donors (Lipinski definition) is 3. The summed E-state index contributed by atoms with van der Waals surface area (Å²) in [5.41, 5.74) is 3.68. The molecule has 0 spiro atoms. The van der Waals surface area contributed by atoms with Crippen LogP contribution in [0.25, 0.3) is 28.1 Å². The Morgan fingerprint density at radius 2 is 1.76 bits per heavy atom. The Bertz CT molecular complexity index is 1450. The van der Waals surface area contributed by atoms with E-state index >= 15 is 0 Å². The number of nitrogens with zero attached hydrogens (tertiary/aromatic N) is 4. The monoisotopic (exact) mass is 440 g/mol. The molecule has 0 aliphatic rings. The van der Waals surface area contributed by atoms with Gasteiger partial charge in [-0.3, -0.25) is 10.1 Å². The van der Waals surface area contributed by atoms with Crippen molar-refractivity contribution < 1.29 is 14.8 Å². The van der Waals surface area contributed by atoms with Gasteiger partial charge in [-0.2, -0.15) is 5.10 Å². The predicted molar refractivity (Wildman–Crippen MR) is 122 cm³/mol.